The Labute approximate surface area is 125 Å². The summed E-state index contributed by atoms with van der Waals surface area (Å²) in [5, 5.41) is 6.34. The molecule has 6 nitrogen and oxygen atoms in total. The van der Waals surface area contributed by atoms with Crippen molar-refractivity contribution < 1.29 is 0 Å². The van der Waals surface area contributed by atoms with Crippen molar-refractivity contribution in [3.05, 3.63) is 46.2 Å². The van der Waals surface area contributed by atoms with Crippen LogP contribution in [0, 0.1) is 0 Å². The van der Waals surface area contributed by atoms with Crippen molar-refractivity contribution in [1.29, 1.82) is 0 Å². The number of nitrogens with zero attached hydrogens (tertiary/aromatic N) is 4. The lowest BCUT2D eigenvalue weighted by Gasteiger charge is -2.08. The molecule has 0 aliphatic heterocycles. The molecule has 3 aromatic rings. The van der Waals surface area contributed by atoms with Gasteiger partial charge in [0.1, 0.15) is 10.6 Å². The molecular weight excluding hydrogens is 286 g/mol. The molecule has 7 heteroatoms. The van der Waals surface area contributed by atoms with Crippen LogP contribution in [0.4, 0.5) is 5.82 Å². The van der Waals surface area contributed by atoms with Crippen LogP contribution >= 0.6 is 11.3 Å². The summed E-state index contributed by atoms with van der Waals surface area (Å²) in [6.45, 7) is 3.28. The second-order valence-corrected chi connectivity index (χ2v) is 5.48. The third-order valence-electron chi connectivity index (χ3n) is 3.01. The number of anilines is 1. The average Bonchev–Trinajstić information content (AvgIpc) is 2.95. The van der Waals surface area contributed by atoms with Gasteiger partial charge in [-0.3, -0.25) is 4.57 Å². The van der Waals surface area contributed by atoms with Gasteiger partial charge in [0.25, 0.3) is 0 Å². The topological polar surface area (TPSA) is 72.7 Å². The van der Waals surface area contributed by atoms with Gasteiger partial charge in [-0.2, -0.15) is 0 Å². The number of hydrogen-bond acceptors (Lipinski definition) is 6. The number of thiophene rings is 1. The fraction of sp³-hybridized carbons (Fsp3) is 0.286. The largest absolute Gasteiger partial charge is 0.369 e. The van der Waals surface area contributed by atoms with Crippen molar-refractivity contribution in [3.63, 3.8) is 0 Å². The zero-order chi connectivity index (χ0) is 14.7. The smallest absolute Gasteiger partial charge is 0.347 e. The summed E-state index contributed by atoms with van der Waals surface area (Å²) in [6.07, 6.45) is 4.19. The molecule has 0 aromatic carbocycles. The highest BCUT2D eigenvalue weighted by Crippen LogP contribution is 2.25. The third kappa shape index (κ3) is 2.92. The molecule has 1 N–H and O–H groups in total. The molecule has 0 fully saturated rings. The summed E-state index contributed by atoms with van der Waals surface area (Å²) < 4.78 is 1.50. The second kappa shape index (κ2) is 6.01. The summed E-state index contributed by atoms with van der Waals surface area (Å²) in [7, 11) is 0. The van der Waals surface area contributed by atoms with Gasteiger partial charge in [-0.15, -0.1) is 11.3 Å². The Balaban J connectivity index is 1.99. The van der Waals surface area contributed by atoms with Gasteiger partial charge in [0.05, 0.1) is 11.9 Å². The maximum atomic E-state index is 11.7. The van der Waals surface area contributed by atoms with Gasteiger partial charge in [-0.1, -0.05) is 6.92 Å². The standard InChI is InChI=1S/C14H15N5OS/c1-2-5-15-12-10-4-8-21-13(10)18-11(17-12)9-19-7-3-6-16-14(19)20/h3-4,6-8H,2,5,9H2,1H3,(H,15,17,18). The van der Waals surface area contributed by atoms with E-state index in [9.17, 15) is 4.79 Å². The van der Waals surface area contributed by atoms with Crippen molar-refractivity contribution in [2.45, 2.75) is 19.9 Å². The highest BCUT2D eigenvalue weighted by atomic mass is 32.1. The van der Waals surface area contributed by atoms with E-state index in [-0.39, 0.29) is 5.69 Å². The van der Waals surface area contributed by atoms with Crippen molar-refractivity contribution in [2.24, 2.45) is 0 Å². The number of nitrogens with one attached hydrogen (secondary N) is 1. The van der Waals surface area contributed by atoms with Gasteiger partial charge in [0.2, 0.25) is 0 Å². The van der Waals surface area contributed by atoms with Crippen LogP contribution in [0.5, 0.6) is 0 Å². The van der Waals surface area contributed by atoms with E-state index in [0.29, 0.717) is 12.4 Å². The molecule has 0 unspecified atom stereocenters. The van der Waals surface area contributed by atoms with Gasteiger partial charge in [-0.25, -0.2) is 19.7 Å². The van der Waals surface area contributed by atoms with Crippen LogP contribution in [0.3, 0.4) is 0 Å². The van der Waals surface area contributed by atoms with E-state index in [4.69, 9.17) is 0 Å². The molecule has 0 aliphatic carbocycles. The first-order chi connectivity index (χ1) is 10.3. The average molecular weight is 301 g/mol. The summed E-state index contributed by atoms with van der Waals surface area (Å²) in [5.74, 6) is 1.44. The van der Waals surface area contributed by atoms with Crippen LogP contribution in [-0.2, 0) is 6.54 Å². The normalized spacial score (nSPS) is 10.9. The molecule has 0 spiro atoms. The lowest BCUT2D eigenvalue weighted by Crippen LogP contribution is -2.23. The third-order valence-corrected chi connectivity index (χ3v) is 3.81. The van der Waals surface area contributed by atoms with E-state index in [2.05, 4.69) is 27.2 Å². The molecule has 21 heavy (non-hydrogen) atoms. The van der Waals surface area contributed by atoms with Gasteiger partial charge >= 0.3 is 5.69 Å². The second-order valence-electron chi connectivity index (χ2n) is 4.58. The predicted octanol–water partition coefficient (Wildman–Crippen LogP) is 2.12. The highest BCUT2D eigenvalue weighted by Gasteiger charge is 2.09. The highest BCUT2D eigenvalue weighted by molar-refractivity contribution is 7.16. The molecule has 0 saturated carbocycles. The Hall–Kier alpha value is -2.28. The Morgan fingerprint density at radius 1 is 1.38 bits per heavy atom. The van der Waals surface area contributed by atoms with Crippen LogP contribution in [0.15, 0.2) is 34.7 Å². The Bertz CT molecular complexity index is 810. The Morgan fingerprint density at radius 2 is 2.29 bits per heavy atom. The predicted molar refractivity (Wildman–Crippen MR) is 83.8 cm³/mol. The summed E-state index contributed by atoms with van der Waals surface area (Å²) >= 11 is 1.57. The Kier molecular flexibility index (Phi) is 3.92. The van der Waals surface area contributed by atoms with E-state index >= 15 is 0 Å². The van der Waals surface area contributed by atoms with E-state index in [1.54, 1.807) is 23.6 Å². The lowest BCUT2D eigenvalue weighted by molar-refractivity contribution is 0.694. The first kappa shape index (κ1) is 13.7. The molecule has 3 heterocycles. The van der Waals surface area contributed by atoms with E-state index in [1.165, 1.54) is 10.8 Å². The first-order valence-corrected chi connectivity index (χ1v) is 7.65. The maximum Gasteiger partial charge on any atom is 0.347 e. The minimum Gasteiger partial charge on any atom is -0.369 e. The quantitative estimate of drug-likeness (QED) is 0.781. The molecule has 0 radical (unpaired) electrons. The van der Waals surface area contributed by atoms with Crippen molar-refractivity contribution in [3.8, 4) is 0 Å². The molecule has 0 amide bonds. The van der Waals surface area contributed by atoms with Gasteiger partial charge in [0.15, 0.2) is 5.82 Å². The first-order valence-electron chi connectivity index (χ1n) is 6.77. The van der Waals surface area contributed by atoms with Crippen LogP contribution in [-0.4, -0.2) is 26.1 Å². The fourth-order valence-corrected chi connectivity index (χ4v) is 2.79. The van der Waals surface area contributed by atoms with Crippen molar-refractivity contribution in [2.75, 3.05) is 11.9 Å². The molecule has 0 bridgehead atoms. The number of hydrogen-bond donors (Lipinski definition) is 1. The molecular formula is C14H15N5OS. The maximum absolute atomic E-state index is 11.7. The molecule has 3 aromatic heterocycles. The van der Waals surface area contributed by atoms with Crippen molar-refractivity contribution in [1.82, 2.24) is 19.5 Å². The number of rotatable bonds is 5. The minimum atomic E-state index is -0.296. The monoisotopic (exact) mass is 301 g/mol. The molecule has 3 rings (SSSR count). The molecule has 0 atom stereocenters. The zero-order valence-corrected chi connectivity index (χ0v) is 12.4. The number of fused-ring (bicyclic) bond motifs is 1. The minimum absolute atomic E-state index is 0.296. The summed E-state index contributed by atoms with van der Waals surface area (Å²) in [5.41, 5.74) is -0.296. The lowest BCUT2D eigenvalue weighted by atomic mass is 10.3. The Morgan fingerprint density at radius 3 is 3.10 bits per heavy atom. The molecule has 0 aliphatic rings. The zero-order valence-electron chi connectivity index (χ0n) is 11.6. The van der Waals surface area contributed by atoms with Crippen LogP contribution in [0.1, 0.15) is 19.2 Å². The van der Waals surface area contributed by atoms with E-state index in [0.717, 1.165) is 29.0 Å². The summed E-state index contributed by atoms with van der Waals surface area (Å²) in [4.78, 5) is 25.4. The van der Waals surface area contributed by atoms with Crippen LogP contribution in [0.25, 0.3) is 10.2 Å². The van der Waals surface area contributed by atoms with Gasteiger partial charge in [0, 0.05) is 18.9 Å². The fourth-order valence-electron chi connectivity index (χ4n) is 2.01. The van der Waals surface area contributed by atoms with Gasteiger partial charge in [-0.05, 0) is 23.9 Å². The SMILES string of the molecule is CCCNc1nc(Cn2cccnc2=O)nc2sccc12. The van der Waals surface area contributed by atoms with Crippen LogP contribution in [0.2, 0.25) is 0 Å². The van der Waals surface area contributed by atoms with E-state index in [1.807, 2.05) is 11.4 Å². The van der Waals surface area contributed by atoms with E-state index < -0.39 is 0 Å². The molecule has 108 valence electrons. The van der Waals surface area contributed by atoms with Crippen molar-refractivity contribution >= 4 is 27.4 Å². The van der Waals surface area contributed by atoms with Gasteiger partial charge < -0.3 is 5.32 Å². The number of aromatic nitrogens is 4. The summed E-state index contributed by atoms with van der Waals surface area (Å²) in [6, 6.07) is 3.74. The molecule has 0 saturated heterocycles. The van der Waals surface area contributed by atoms with Crippen LogP contribution < -0.4 is 11.0 Å².